The Labute approximate surface area is 157 Å². The molecule has 2 aromatic carbocycles. The van der Waals surface area contributed by atoms with Crippen LogP contribution in [0.2, 0.25) is 0 Å². The van der Waals surface area contributed by atoms with Gasteiger partial charge < -0.3 is 13.9 Å². The summed E-state index contributed by atoms with van der Waals surface area (Å²) in [7, 11) is 1.53. The van der Waals surface area contributed by atoms with Gasteiger partial charge in [0.2, 0.25) is 0 Å². The number of benzene rings is 2. The molecule has 0 saturated heterocycles. The van der Waals surface area contributed by atoms with E-state index in [0.717, 1.165) is 18.4 Å². The van der Waals surface area contributed by atoms with Crippen molar-refractivity contribution in [3.8, 4) is 11.5 Å². The van der Waals surface area contributed by atoms with Crippen LogP contribution in [0.5, 0.6) is 11.5 Å². The van der Waals surface area contributed by atoms with E-state index in [1.54, 1.807) is 18.2 Å². The Balaban J connectivity index is 2.16. The van der Waals surface area contributed by atoms with Crippen molar-refractivity contribution in [2.24, 2.45) is 0 Å². The van der Waals surface area contributed by atoms with E-state index in [9.17, 15) is 9.59 Å². The van der Waals surface area contributed by atoms with E-state index in [0.29, 0.717) is 28.7 Å². The highest BCUT2D eigenvalue weighted by atomic mass is 16.5. The Kier molecular flexibility index (Phi) is 5.91. The fourth-order valence-corrected chi connectivity index (χ4v) is 2.95. The third-order valence-corrected chi connectivity index (χ3v) is 4.33. The first kappa shape index (κ1) is 18.7. The molecule has 0 fully saturated rings. The lowest BCUT2D eigenvalue weighted by molar-refractivity contribution is -0.134. The number of hydrogen-bond donors (Lipinski definition) is 0. The van der Waals surface area contributed by atoms with Gasteiger partial charge in [0, 0.05) is 12.8 Å². The van der Waals surface area contributed by atoms with E-state index < -0.39 is 5.63 Å². The van der Waals surface area contributed by atoms with E-state index in [2.05, 4.69) is 0 Å². The number of ether oxygens (including phenoxy) is 2. The van der Waals surface area contributed by atoms with Gasteiger partial charge in [0.25, 0.3) is 0 Å². The lowest BCUT2D eigenvalue weighted by atomic mass is 10.0. The van der Waals surface area contributed by atoms with E-state index in [1.807, 2.05) is 37.3 Å². The van der Waals surface area contributed by atoms with Gasteiger partial charge in [0.1, 0.15) is 16.7 Å². The number of carbonyl (C=O) groups is 1. The molecule has 0 radical (unpaired) electrons. The maximum Gasteiger partial charge on any atom is 0.343 e. The number of methoxy groups -OCH3 is 1. The molecule has 0 spiro atoms. The van der Waals surface area contributed by atoms with Gasteiger partial charge in [-0.1, -0.05) is 49.7 Å². The van der Waals surface area contributed by atoms with Crippen LogP contribution in [0.4, 0.5) is 0 Å². The molecule has 0 atom stereocenters. The fourth-order valence-electron chi connectivity index (χ4n) is 2.95. The first-order chi connectivity index (χ1) is 13.1. The Hall–Kier alpha value is -3.08. The maximum absolute atomic E-state index is 12.7. The summed E-state index contributed by atoms with van der Waals surface area (Å²) in [5, 5.41) is 0.496. The molecule has 0 aliphatic heterocycles. The van der Waals surface area contributed by atoms with Crippen molar-refractivity contribution in [2.75, 3.05) is 7.11 Å². The lowest BCUT2D eigenvalue weighted by Gasteiger charge is -2.14. The molecule has 5 nitrogen and oxygen atoms in total. The van der Waals surface area contributed by atoms with Crippen molar-refractivity contribution in [1.82, 2.24) is 0 Å². The average molecular weight is 366 g/mol. The van der Waals surface area contributed by atoms with E-state index in [4.69, 9.17) is 13.9 Å². The minimum absolute atomic E-state index is 0.226. The molecule has 0 aliphatic rings. The molecule has 5 heteroatoms. The minimum Gasteiger partial charge on any atom is -0.496 e. The van der Waals surface area contributed by atoms with Crippen LogP contribution in [0.25, 0.3) is 11.0 Å². The van der Waals surface area contributed by atoms with Crippen LogP contribution in [0.1, 0.15) is 37.3 Å². The summed E-state index contributed by atoms with van der Waals surface area (Å²) in [6.45, 7) is 2.00. The van der Waals surface area contributed by atoms with Crippen molar-refractivity contribution in [3.63, 3.8) is 0 Å². The summed E-state index contributed by atoms with van der Waals surface area (Å²) in [6.07, 6.45) is 2.20. The zero-order valence-corrected chi connectivity index (χ0v) is 15.5. The van der Waals surface area contributed by atoms with Gasteiger partial charge in [-0.25, -0.2) is 4.79 Å². The second-order valence-electron chi connectivity index (χ2n) is 6.27. The summed E-state index contributed by atoms with van der Waals surface area (Å²) in [5.41, 5.74) is 1.04. The fraction of sp³-hybridized carbons (Fsp3) is 0.273. The smallest absolute Gasteiger partial charge is 0.343 e. The van der Waals surface area contributed by atoms with Gasteiger partial charge in [-0.15, -0.1) is 0 Å². The second kappa shape index (κ2) is 8.54. The molecule has 1 heterocycles. The molecular formula is C22H22O5. The summed E-state index contributed by atoms with van der Waals surface area (Å²) in [4.78, 5) is 25.0. The number of fused-ring (bicyclic) bond motifs is 1. The third-order valence-electron chi connectivity index (χ3n) is 4.33. The van der Waals surface area contributed by atoms with Crippen LogP contribution in [0, 0.1) is 0 Å². The maximum atomic E-state index is 12.7. The van der Waals surface area contributed by atoms with E-state index in [1.165, 1.54) is 7.11 Å². The SMILES string of the molecule is CCCCC(=O)Oc1c(Cc2ccccc2)c(=O)oc2cccc(OC)c12. The van der Waals surface area contributed by atoms with Crippen molar-refractivity contribution in [1.29, 1.82) is 0 Å². The molecule has 1 aromatic heterocycles. The number of unbranched alkanes of at least 4 members (excludes halogenated alkanes) is 1. The Morgan fingerprint density at radius 3 is 2.56 bits per heavy atom. The van der Waals surface area contributed by atoms with E-state index in [-0.39, 0.29) is 18.1 Å². The number of hydrogen-bond acceptors (Lipinski definition) is 5. The lowest BCUT2D eigenvalue weighted by Crippen LogP contribution is -2.16. The Morgan fingerprint density at radius 1 is 1.07 bits per heavy atom. The van der Waals surface area contributed by atoms with E-state index >= 15 is 0 Å². The number of rotatable bonds is 7. The summed E-state index contributed by atoms with van der Waals surface area (Å²) < 4.78 is 16.6. The molecular weight excluding hydrogens is 344 g/mol. The average Bonchev–Trinajstić information content (AvgIpc) is 2.69. The van der Waals surface area contributed by atoms with Crippen molar-refractivity contribution in [3.05, 3.63) is 70.1 Å². The summed E-state index contributed by atoms with van der Waals surface area (Å²) >= 11 is 0. The quantitative estimate of drug-likeness (QED) is 0.455. The molecule has 140 valence electrons. The van der Waals surface area contributed by atoms with Crippen LogP contribution >= 0.6 is 0 Å². The molecule has 0 bridgehead atoms. The van der Waals surface area contributed by atoms with Crippen LogP contribution in [0.3, 0.4) is 0 Å². The zero-order chi connectivity index (χ0) is 19.2. The van der Waals surface area contributed by atoms with Crippen molar-refractivity contribution in [2.45, 2.75) is 32.6 Å². The van der Waals surface area contributed by atoms with Crippen LogP contribution in [-0.4, -0.2) is 13.1 Å². The standard InChI is InChI=1S/C22H22O5/c1-3-4-13-19(23)27-21-16(14-15-9-6-5-7-10-15)22(24)26-18-12-8-11-17(25-2)20(18)21/h5-12H,3-4,13-14H2,1-2H3. The predicted molar refractivity (Wildman–Crippen MR) is 103 cm³/mol. The second-order valence-corrected chi connectivity index (χ2v) is 6.27. The van der Waals surface area contributed by atoms with Crippen LogP contribution < -0.4 is 15.1 Å². The molecule has 0 amide bonds. The van der Waals surface area contributed by atoms with Gasteiger partial charge >= 0.3 is 11.6 Å². The van der Waals surface area contributed by atoms with Crippen LogP contribution in [0.15, 0.2) is 57.7 Å². The number of esters is 1. The topological polar surface area (TPSA) is 65.7 Å². The molecule has 0 aliphatic carbocycles. The highest BCUT2D eigenvalue weighted by Gasteiger charge is 2.22. The molecule has 0 saturated carbocycles. The Morgan fingerprint density at radius 2 is 1.85 bits per heavy atom. The summed E-state index contributed by atoms with van der Waals surface area (Å²) in [6, 6.07) is 14.7. The normalized spacial score (nSPS) is 10.7. The number of carbonyl (C=O) groups excluding carboxylic acids is 1. The van der Waals surface area contributed by atoms with Gasteiger partial charge in [0.15, 0.2) is 5.75 Å². The largest absolute Gasteiger partial charge is 0.496 e. The molecule has 0 unspecified atom stereocenters. The van der Waals surface area contributed by atoms with Gasteiger partial charge in [-0.2, -0.15) is 0 Å². The van der Waals surface area contributed by atoms with Crippen molar-refractivity contribution < 1.29 is 18.7 Å². The molecule has 3 rings (SSSR count). The predicted octanol–water partition coefficient (Wildman–Crippen LogP) is 4.49. The van der Waals surface area contributed by atoms with Crippen LogP contribution in [-0.2, 0) is 11.2 Å². The first-order valence-corrected chi connectivity index (χ1v) is 9.01. The van der Waals surface area contributed by atoms with Gasteiger partial charge in [-0.3, -0.25) is 4.79 Å². The third kappa shape index (κ3) is 4.19. The minimum atomic E-state index is -0.516. The van der Waals surface area contributed by atoms with Crippen molar-refractivity contribution >= 4 is 16.9 Å². The molecule has 27 heavy (non-hydrogen) atoms. The summed E-state index contributed by atoms with van der Waals surface area (Å²) in [5.74, 6) is 0.344. The first-order valence-electron chi connectivity index (χ1n) is 9.01. The van der Waals surface area contributed by atoms with Gasteiger partial charge in [0.05, 0.1) is 12.7 Å². The monoisotopic (exact) mass is 366 g/mol. The highest BCUT2D eigenvalue weighted by Crippen LogP contribution is 2.36. The Bertz CT molecular complexity index is 989. The van der Waals surface area contributed by atoms with Gasteiger partial charge in [-0.05, 0) is 24.1 Å². The molecule has 3 aromatic rings. The highest BCUT2D eigenvalue weighted by molar-refractivity contribution is 5.92. The molecule has 0 N–H and O–H groups in total. The zero-order valence-electron chi connectivity index (χ0n) is 15.5.